The lowest BCUT2D eigenvalue weighted by Gasteiger charge is -2.23. The maximum Gasteiger partial charge on any atom is 0.230 e. The van der Waals surface area contributed by atoms with E-state index in [4.69, 9.17) is 9.72 Å². The van der Waals surface area contributed by atoms with Crippen molar-refractivity contribution in [3.8, 4) is 0 Å². The minimum Gasteiger partial charge on any atom is -0.383 e. The van der Waals surface area contributed by atoms with Crippen LogP contribution in [-0.4, -0.2) is 60.6 Å². The van der Waals surface area contributed by atoms with E-state index >= 15 is 0 Å². The highest BCUT2D eigenvalue weighted by molar-refractivity contribution is 7.18. The van der Waals surface area contributed by atoms with E-state index in [2.05, 4.69) is 23.1 Å². The van der Waals surface area contributed by atoms with Gasteiger partial charge in [0.1, 0.15) is 5.01 Å². The number of methoxy groups -OCH3 is 1. The van der Waals surface area contributed by atoms with Crippen molar-refractivity contribution in [2.45, 2.75) is 19.4 Å². The monoisotopic (exact) mass is 345 g/mol. The van der Waals surface area contributed by atoms with Gasteiger partial charge in [-0.3, -0.25) is 9.69 Å². The van der Waals surface area contributed by atoms with Crippen molar-refractivity contribution >= 4 is 27.5 Å². The summed E-state index contributed by atoms with van der Waals surface area (Å²) in [7, 11) is 1.69. The number of amides is 1. The number of ether oxygens (including phenoxy) is 1. The van der Waals surface area contributed by atoms with Gasteiger partial charge in [0.05, 0.1) is 28.8 Å². The molecular weight excluding hydrogens is 322 g/mol. The molecule has 4 rings (SSSR count). The Morgan fingerprint density at radius 3 is 2.96 bits per heavy atom. The van der Waals surface area contributed by atoms with Gasteiger partial charge in [0, 0.05) is 26.7 Å². The number of nitrogens with zero attached hydrogens (tertiary/aromatic N) is 3. The molecule has 1 spiro atoms. The third-order valence-corrected chi connectivity index (χ3v) is 6.32. The van der Waals surface area contributed by atoms with Crippen LogP contribution in [0.25, 0.3) is 10.2 Å². The van der Waals surface area contributed by atoms with E-state index in [0.717, 1.165) is 56.1 Å². The molecular formula is C18H23N3O2S. The Morgan fingerprint density at radius 2 is 2.12 bits per heavy atom. The summed E-state index contributed by atoms with van der Waals surface area (Å²) in [6.45, 7) is 4.92. The van der Waals surface area contributed by atoms with E-state index in [1.165, 1.54) is 4.70 Å². The molecule has 1 amide bonds. The first-order valence-corrected chi connectivity index (χ1v) is 9.37. The van der Waals surface area contributed by atoms with Crippen LogP contribution in [0.1, 0.15) is 17.8 Å². The highest BCUT2D eigenvalue weighted by atomic mass is 32.1. The fraction of sp³-hybridized carbons (Fsp3) is 0.556. The van der Waals surface area contributed by atoms with E-state index in [9.17, 15) is 4.79 Å². The van der Waals surface area contributed by atoms with Crippen LogP contribution in [0.5, 0.6) is 0 Å². The lowest BCUT2D eigenvalue weighted by atomic mass is 9.85. The van der Waals surface area contributed by atoms with Crippen LogP contribution in [0.4, 0.5) is 0 Å². The van der Waals surface area contributed by atoms with E-state index < -0.39 is 0 Å². The number of carbonyl (C=O) groups is 1. The van der Waals surface area contributed by atoms with E-state index in [0.29, 0.717) is 12.5 Å². The largest absolute Gasteiger partial charge is 0.383 e. The highest BCUT2D eigenvalue weighted by Crippen LogP contribution is 2.41. The predicted octanol–water partition coefficient (Wildman–Crippen LogP) is 2.37. The minimum atomic E-state index is -0.162. The molecule has 0 radical (unpaired) electrons. The molecule has 0 aliphatic carbocycles. The van der Waals surface area contributed by atoms with Crippen LogP contribution >= 0.6 is 11.3 Å². The van der Waals surface area contributed by atoms with Crippen molar-refractivity contribution in [2.24, 2.45) is 5.41 Å². The fourth-order valence-electron chi connectivity index (χ4n) is 3.96. The summed E-state index contributed by atoms with van der Waals surface area (Å²) in [6.07, 6.45) is 1.95. The normalized spacial score (nSPS) is 24.7. The number of carbonyl (C=O) groups excluding carboxylic acids is 1. The molecule has 24 heavy (non-hydrogen) atoms. The quantitative estimate of drug-likeness (QED) is 0.835. The van der Waals surface area contributed by atoms with Crippen LogP contribution in [0.3, 0.4) is 0 Å². The molecule has 0 N–H and O–H groups in total. The second-order valence-electron chi connectivity index (χ2n) is 6.85. The van der Waals surface area contributed by atoms with Crippen molar-refractivity contribution in [1.82, 2.24) is 14.8 Å². The molecule has 1 atom stereocenters. The Kier molecular flexibility index (Phi) is 4.28. The lowest BCUT2D eigenvalue weighted by Crippen LogP contribution is -2.38. The highest BCUT2D eigenvalue weighted by Gasteiger charge is 2.50. The number of fused-ring (bicyclic) bond motifs is 1. The van der Waals surface area contributed by atoms with Crippen molar-refractivity contribution < 1.29 is 9.53 Å². The summed E-state index contributed by atoms with van der Waals surface area (Å²) in [5.74, 6) is 0.325. The number of hydrogen-bond donors (Lipinski definition) is 0. The molecule has 1 aromatic carbocycles. The van der Waals surface area contributed by atoms with Crippen LogP contribution in [0.2, 0.25) is 0 Å². The zero-order chi connectivity index (χ0) is 16.6. The van der Waals surface area contributed by atoms with Gasteiger partial charge in [-0.2, -0.15) is 0 Å². The van der Waals surface area contributed by atoms with Crippen molar-refractivity contribution in [1.29, 1.82) is 0 Å². The number of likely N-dealkylation sites (tertiary alicyclic amines) is 2. The van der Waals surface area contributed by atoms with E-state index in [-0.39, 0.29) is 5.41 Å². The fourth-order valence-corrected chi connectivity index (χ4v) is 4.97. The SMILES string of the molecule is COCCN1CCC2(CCN(Cc3nc4ccccc4s3)C2)C1=O. The van der Waals surface area contributed by atoms with Gasteiger partial charge in [0.25, 0.3) is 0 Å². The summed E-state index contributed by atoms with van der Waals surface area (Å²) >= 11 is 1.76. The molecule has 3 heterocycles. The Bertz CT molecular complexity index is 714. The maximum absolute atomic E-state index is 12.8. The van der Waals surface area contributed by atoms with Gasteiger partial charge in [-0.25, -0.2) is 4.98 Å². The second-order valence-corrected chi connectivity index (χ2v) is 7.97. The molecule has 128 valence electrons. The third-order valence-electron chi connectivity index (χ3n) is 5.30. The van der Waals surface area contributed by atoms with Crippen LogP contribution in [0.15, 0.2) is 24.3 Å². The number of aromatic nitrogens is 1. The molecule has 1 aromatic heterocycles. The summed E-state index contributed by atoms with van der Waals surface area (Å²) in [5.41, 5.74) is 0.916. The minimum absolute atomic E-state index is 0.162. The van der Waals surface area contributed by atoms with Crippen molar-refractivity contribution in [3.63, 3.8) is 0 Å². The van der Waals surface area contributed by atoms with Crippen molar-refractivity contribution in [2.75, 3.05) is 39.9 Å². The number of hydrogen-bond acceptors (Lipinski definition) is 5. The standard InChI is InChI=1S/C18H23N3O2S/c1-23-11-10-21-9-7-18(17(21)22)6-8-20(13-18)12-16-19-14-4-2-3-5-15(14)24-16/h2-5H,6-13H2,1H3. The molecule has 5 nitrogen and oxygen atoms in total. The first-order chi connectivity index (χ1) is 11.7. The zero-order valence-electron chi connectivity index (χ0n) is 14.0. The molecule has 2 saturated heterocycles. The molecule has 1 unspecified atom stereocenters. The Labute approximate surface area is 146 Å². The Hall–Kier alpha value is -1.50. The van der Waals surface area contributed by atoms with Gasteiger partial charge in [-0.15, -0.1) is 11.3 Å². The molecule has 0 bridgehead atoms. The Morgan fingerprint density at radius 1 is 1.29 bits per heavy atom. The number of benzene rings is 1. The molecule has 0 saturated carbocycles. The predicted molar refractivity (Wildman–Crippen MR) is 95.0 cm³/mol. The smallest absolute Gasteiger partial charge is 0.230 e. The van der Waals surface area contributed by atoms with Crippen molar-refractivity contribution in [3.05, 3.63) is 29.3 Å². The second kappa shape index (κ2) is 6.43. The number of para-hydroxylation sites is 1. The van der Waals surface area contributed by atoms with Crippen LogP contribution < -0.4 is 0 Å². The topological polar surface area (TPSA) is 45.7 Å². The third kappa shape index (κ3) is 2.83. The summed E-state index contributed by atoms with van der Waals surface area (Å²) in [4.78, 5) is 21.9. The number of thiazole rings is 1. The molecule has 2 aromatic rings. The first kappa shape index (κ1) is 16.0. The van der Waals surface area contributed by atoms with Crippen LogP contribution in [-0.2, 0) is 16.1 Å². The molecule has 6 heteroatoms. The molecule has 2 fully saturated rings. The average molecular weight is 345 g/mol. The Balaban J connectivity index is 1.42. The maximum atomic E-state index is 12.8. The van der Waals surface area contributed by atoms with Gasteiger partial charge in [0.15, 0.2) is 0 Å². The zero-order valence-corrected chi connectivity index (χ0v) is 14.8. The molecule has 2 aliphatic heterocycles. The molecule has 2 aliphatic rings. The van der Waals surface area contributed by atoms with E-state index in [1.807, 2.05) is 11.0 Å². The van der Waals surface area contributed by atoms with Gasteiger partial charge in [-0.05, 0) is 31.5 Å². The van der Waals surface area contributed by atoms with E-state index in [1.54, 1.807) is 18.4 Å². The lowest BCUT2D eigenvalue weighted by molar-refractivity contribution is -0.136. The van der Waals surface area contributed by atoms with Gasteiger partial charge in [-0.1, -0.05) is 12.1 Å². The summed E-state index contributed by atoms with van der Waals surface area (Å²) < 4.78 is 6.36. The average Bonchev–Trinajstić information content (AvgIpc) is 3.26. The van der Waals surface area contributed by atoms with Gasteiger partial charge in [0.2, 0.25) is 5.91 Å². The summed E-state index contributed by atoms with van der Waals surface area (Å²) in [5, 5.41) is 1.15. The number of rotatable bonds is 5. The van der Waals surface area contributed by atoms with Gasteiger partial charge >= 0.3 is 0 Å². The first-order valence-electron chi connectivity index (χ1n) is 8.55. The van der Waals surface area contributed by atoms with Gasteiger partial charge < -0.3 is 9.64 Å². The summed E-state index contributed by atoms with van der Waals surface area (Å²) in [6, 6.07) is 8.27. The van der Waals surface area contributed by atoms with Crippen LogP contribution in [0, 0.1) is 5.41 Å².